The van der Waals surface area contributed by atoms with Crippen LogP contribution in [0.3, 0.4) is 0 Å². The predicted octanol–water partition coefficient (Wildman–Crippen LogP) is 1.65. The van der Waals surface area contributed by atoms with Crippen LogP contribution in [0.1, 0.15) is 27.1 Å². The van der Waals surface area contributed by atoms with E-state index < -0.39 is 0 Å². The fraction of sp³-hybridized carbons (Fsp3) is 0.167. The number of hydrogen-bond donors (Lipinski definition) is 2. The molecular formula is C12H14N2O2S. The SMILES string of the molecule is C=CCCN1C(=O)c2ccccc2C1=O.NS. The van der Waals surface area contributed by atoms with Crippen molar-refractivity contribution in [3.05, 3.63) is 48.0 Å². The van der Waals surface area contributed by atoms with Crippen molar-refractivity contribution in [1.82, 2.24) is 4.90 Å². The third-order valence-electron chi connectivity index (χ3n) is 2.44. The highest BCUT2D eigenvalue weighted by Crippen LogP contribution is 2.22. The molecule has 5 heteroatoms. The number of fused-ring (bicyclic) bond motifs is 1. The molecule has 0 unspecified atom stereocenters. The monoisotopic (exact) mass is 250 g/mol. The molecule has 0 radical (unpaired) electrons. The van der Waals surface area contributed by atoms with Crippen molar-refractivity contribution in [2.24, 2.45) is 5.14 Å². The standard InChI is InChI=1S/C12H11NO2.H3NS/c1-2-3-8-13-11(14)9-6-4-5-7-10(9)12(13)15;1-2/h2,4-7H,1,3,8H2;2H,1H2. The quantitative estimate of drug-likeness (QED) is 0.487. The Hall–Kier alpha value is -1.59. The molecule has 17 heavy (non-hydrogen) atoms. The Balaban J connectivity index is 0.000000686. The van der Waals surface area contributed by atoms with Gasteiger partial charge < -0.3 is 0 Å². The van der Waals surface area contributed by atoms with Crippen molar-refractivity contribution in [3.8, 4) is 0 Å². The molecule has 2 amide bonds. The second-order valence-electron chi connectivity index (χ2n) is 3.38. The number of hydrogen-bond acceptors (Lipinski definition) is 4. The highest BCUT2D eigenvalue weighted by atomic mass is 32.1. The minimum atomic E-state index is -0.197. The first kappa shape index (κ1) is 13.5. The zero-order valence-corrected chi connectivity index (χ0v) is 10.2. The molecule has 0 spiro atoms. The molecule has 2 rings (SSSR count). The number of nitrogens with two attached hydrogens (primary N) is 1. The summed E-state index contributed by atoms with van der Waals surface area (Å²) in [6, 6.07) is 6.90. The molecule has 90 valence electrons. The van der Waals surface area contributed by atoms with Crippen LogP contribution in [0.2, 0.25) is 0 Å². The van der Waals surface area contributed by atoms with Gasteiger partial charge in [-0.25, -0.2) is 0 Å². The smallest absolute Gasteiger partial charge is 0.261 e. The average molecular weight is 250 g/mol. The summed E-state index contributed by atoms with van der Waals surface area (Å²) in [5, 5.41) is 4.19. The van der Waals surface area contributed by atoms with Crippen LogP contribution in [0.4, 0.5) is 0 Å². The Morgan fingerprint density at radius 2 is 1.65 bits per heavy atom. The molecule has 0 aromatic heterocycles. The fourth-order valence-corrected chi connectivity index (χ4v) is 1.66. The van der Waals surface area contributed by atoms with Gasteiger partial charge in [0.05, 0.1) is 11.1 Å². The summed E-state index contributed by atoms with van der Waals surface area (Å²) >= 11 is 3.03. The topological polar surface area (TPSA) is 63.4 Å². The maximum Gasteiger partial charge on any atom is 0.261 e. The van der Waals surface area contributed by atoms with Crippen LogP contribution < -0.4 is 5.14 Å². The molecule has 0 bridgehead atoms. The summed E-state index contributed by atoms with van der Waals surface area (Å²) in [6.45, 7) is 3.98. The van der Waals surface area contributed by atoms with E-state index in [1.807, 2.05) is 0 Å². The van der Waals surface area contributed by atoms with E-state index in [0.717, 1.165) is 0 Å². The number of thiol groups is 1. The minimum Gasteiger partial charge on any atom is -0.281 e. The normalized spacial score (nSPS) is 12.9. The zero-order valence-electron chi connectivity index (χ0n) is 9.30. The third kappa shape index (κ3) is 2.57. The second kappa shape index (κ2) is 6.22. The summed E-state index contributed by atoms with van der Waals surface area (Å²) < 4.78 is 0. The van der Waals surface area contributed by atoms with Crippen molar-refractivity contribution >= 4 is 24.6 Å². The first-order valence-electron chi connectivity index (χ1n) is 5.07. The zero-order chi connectivity index (χ0) is 12.8. The molecule has 1 aromatic carbocycles. The Labute approximate surface area is 106 Å². The maximum absolute atomic E-state index is 11.8. The van der Waals surface area contributed by atoms with Gasteiger partial charge in [-0.15, -0.1) is 19.4 Å². The second-order valence-corrected chi connectivity index (χ2v) is 3.38. The van der Waals surface area contributed by atoms with Gasteiger partial charge in [-0.05, 0) is 18.6 Å². The van der Waals surface area contributed by atoms with E-state index in [9.17, 15) is 9.59 Å². The molecule has 0 saturated carbocycles. The van der Waals surface area contributed by atoms with Gasteiger partial charge in [0.2, 0.25) is 0 Å². The Morgan fingerprint density at radius 1 is 1.18 bits per heavy atom. The number of nitrogens with zero attached hydrogens (tertiary/aromatic N) is 1. The molecule has 2 N–H and O–H groups in total. The van der Waals surface area contributed by atoms with Gasteiger partial charge in [-0.1, -0.05) is 18.2 Å². The molecule has 0 aliphatic carbocycles. The van der Waals surface area contributed by atoms with Crippen LogP contribution in [0.15, 0.2) is 36.9 Å². The first-order valence-corrected chi connectivity index (χ1v) is 5.59. The van der Waals surface area contributed by atoms with E-state index in [1.54, 1.807) is 30.3 Å². The van der Waals surface area contributed by atoms with E-state index >= 15 is 0 Å². The van der Waals surface area contributed by atoms with Crippen LogP contribution in [0, 0.1) is 0 Å². The molecular weight excluding hydrogens is 236 g/mol. The summed E-state index contributed by atoms with van der Waals surface area (Å²) in [6.07, 6.45) is 2.33. The van der Waals surface area contributed by atoms with E-state index in [0.29, 0.717) is 24.1 Å². The highest BCUT2D eigenvalue weighted by molar-refractivity contribution is 7.77. The fourth-order valence-electron chi connectivity index (χ4n) is 1.66. The number of carbonyl (C=O) groups excluding carboxylic acids is 2. The Morgan fingerprint density at radius 3 is 2.06 bits per heavy atom. The van der Waals surface area contributed by atoms with Gasteiger partial charge in [0, 0.05) is 6.54 Å². The maximum atomic E-state index is 11.8. The molecule has 1 aliphatic rings. The summed E-state index contributed by atoms with van der Waals surface area (Å²) in [4.78, 5) is 24.8. The van der Waals surface area contributed by atoms with E-state index in [2.05, 4.69) is 24.5 Å². The number of imide groups is 1. The van der Waals surface area contributed by atoms with Crippen LogP contribution in [-0.2, 0) is 0 Å². The highest BCUT2D eigenvalue weighted by Gasteiger charge is 2.34. The van der Waals surface area contributed by atoms with Gasteiger partial charge in [0.1, 0.15) is 0 Å². The van der Waals surface area contributed by atoms with Crippen molar-refractivity contribution < 1.29 is 9.59 Å². The number of benzene rings is 1. The summed E-state index contributed by atoms with van der Waals surface area (Å²) in [5.41, 5.74) is 1.01. The lowest BCUT2D eigenvalue weighted by molar-refractivity contribution is 0.0657. The van der Waals surface area contributed by atoms with Crippen molar-refractivity contribution in [3.63, 3.8) is 0 Å². The number of rotatable bonds is 3. The van der Waals surface area contributed by atoms with Gasteiger partial charge in [0.15, 0.2) is 0 Å². The summed E-state index contributed by atoms with van der Waals surface area (Å²) in [7, 11) is 0. The first-order chi connectivity index (χ1) is 8.25. The van der Waals surface area contributed by atoms with E-state index in [1.165, 1.54) is 4.90 Å². The van der Waals surface area contributed by atoms with Gasteiger partial charge in [-0.2, -0.15) is 0 Å². The van der Waals surface area contributed by atoms with Crippen molar-refractivity contribution in [2.45, 2.75) is 6.42 Å². The lowest BCUT2D eigenvalue weighted by Crippen LogP contribution is -2.30. The number of amides is 2. The van der Waals surface area contributed by atoms with E-state index in [4.69, 9.17) is 0 Å². The molecule has 0 atom stereocenters. The van der Waals surface area contributed by atoms with Gasteiger partial charge in [0.25, 0.3) is 11.8 Å². The molecule has 0 saturated heterocycles. The third-order valence-corrected chi connectivity index (χ3v) is 2.44. The predicted molar refractivity (Wildman–Crippen MR) is 69.8 cm³/mol. The average Bonchev–Trinajstić information content (AvgIpc) is 2.63. The van der Waals surface area contributed by atoms with Crippen LogP contribution in [-0.4, -0.2) is 23.3 Å². The van der Waals surface area contributed by atoms with Gasteiger partial charge in [-0.3, -0.25) is 19.6 Å². The lowest BCUT2D eigenvalue weighted by atomic mass is 10.1. The van der Waals surface area contributed by atoms with Crippen LogP contribution in [0.25, 0.3) is 0 Å². The molecule has 0 fully saturated rings. The van der Waals surface area contributed by atoms with Crippen molar-refractivity contribution in [2.75, 3.05) is 6.54 Å². The minimum absolute atomic E-state index is 0.197. The largest absolute Gasteiger partial charge is 0.281 e. The van der Waals surface area contributed by atoms with Crippen molar-refractivity contribution in [1.29, 1.82) is 0 Å². The molecule has 1 aliphatic heterocycles. The Bertz CT molecular complexity index is 411. The van der Waals surface area contributed by atoms with Crippen LogP contribution >= 0.6 is 12.8 Å². The van der Waals surface area contributed by atoms with Crippen LogP contribution in [0.5, 0.6) is 0 Å². The number of carbonyl (C=O) groups is 2. The molecule has 1 heterocycles. The molecule has 1 aromatic rings. The lowest BCUT2D eigenvalue weighted by Gasteiger charge is -2.11. The Kier molecular flexibility index (Phi) is 4.93. The van der Waals surface area contributed by atoms with Gasteiger partial charge >= 0.3 is 0 Å². The van der Waals surface area contributed by atoms with E-state index in [-0.39, 0.29) is 11.8 Å². The summed E-state index contributed by atoms with van der Waals surface area (Å²) in [5.74, 6) is -0.394. The molecule has 4 nitrogen and oxygen atoms in total.